The van der Waals surface area contributed by atoms with E-state index in [4.69, 9.17) is 0 Å². The van der Waals surface area contributed by atoms with E-state index in [2.05, 4.69) is 55.6 Å². The molecule has 292 valence electrons. The lowest BCUT2D eigenvalue weighted by molar-refractivity contribution is -0.123. The van der Waals surface area contributed by atoms with Gasteiger partial charge in [-0.15, -0.1) is 0 Å². The van der Waals surface area contributed by atoms with Crippen LogP contribution in [-0.4, -0.2) is 34.9 Å². The van der Waals surface area contributed by atoms with Gasteiger partial charge in [-0.1, -0.05) is 191 Å². The van der Waals surface area contributed by atoms with Crippen molar-refractivity contribution >= 4 is 5.91 Å². The molecule has 2 unspecified atom stereocenters. The minimum absolute atomic E-state index is 0.0831. The summed E-state index contributed by atoms with van der Waals surface area (Å²) >= 11 is 0. The molecule has 0 aromatic rings. The number of rotatable bonds is 39. The second-order valence-corrected chi connectivity index (χ2v) is 14.7. The fourth-order valence-corrected chi connectivity index (χ4v) is 6.38. The topological polar surface area (TPSA) is 69.6 Å². The van der Waals surface area contributed by atoms with Crippen LogP contribution < -0.4 is 5.32 Å². The smallest absolute Gasteiger partial charge is 0.220 e. The van der Waals surface area contributed by atoms with Gasteiger partial charge < -0.3 is 15.5 Å². The van der Waals surface area contributed by atoms with E-state index in [1.54, 1.807) is 6.08 Å². The zero-order chi connectivity index (χ0) is 36.4. The minimum Gasteiger partial charge on any atom is -0.394 e. The molecule has 2 atom stereocenters. The van der Waals surface area contributed by atoms with Gasteiger partial charge in [0.2, 0.25) is 5.91 Å². The number of carbonyl (C=O) groups is 1. The molecule has 0 aliphatic heterocycles. The Morgan fingerprint density at radius 1 is 0.460 bits per heavy atom. The quantitative estimate of drug-likeness (QED) is 0.0442. The van der Waals surface area contributed by atoms with Gasteiger partial charge in [0.25, 0.3) is 0 Å². The van der Waals surface area contributed by atoms with Gasteiger partial charge in [0.05, 0.1) is 18.8 Å². The van der Waals surface area contributed by atoms with Gasteiger partial charge in [0, 0.05) is 6.42 Å². The van der Waals surface area contributed by atoms with Crippen molar-refractivity contribution < 1.29 is 15.0 Å². The lowest BCUT2D eigenvalue weighted by Crippen LogP contribution is -2.45. The highest BCUT2D eigenvalue weighted by atomic mass is 16.3. The van der Waals surface area contributed by atoms with Gasteiger partial charge >= 0.3 is 0 Å². The molecule has 4 nitrogen and oxygen atoms in total. The molecule has 1 amide bonds. The molecule has 0 fully saturated rings. The number of aliphatic hydroxyl groups excluding tert-OH is 2. The SMILES string of the molecule is CCCCCCCCC/C=C\CCCCCCCCCC(=O)NC(CO)C(O)/C=C/CC/C=C/CC/C=C/CCCCCCCCCCCC. The number of nitrogens with one attached hydrogen (secondary N) is 1. The largest absolute Gasteiger partial charge is 0.394 e. The highest BCUT2D eigenvalue weighted by Crippen LogP contribution is 2.13. The van der Waals surface area contributed by atoms with Crippen molar-refractivity contribution in [3.05, 3.63) is 48.6 Å². The van der Waals surface area contributed by atoms with E-state index >= 15 is 0 Å². The normalized spacial score (nSPS) is 13.4. The Hall–Kier alpha value is -1.65. The molecule has 0 rings (SSSR count). The summed E-state index contributed by atoms with van der Waals surface area (Å²) < 4.78 is 0. The third-order valence-electron chi connectivity index (χ3n) is 9.76. The molecule has 0 aliphatic rings. The first-order valence-electron chi connectivity index (χ1n) is 21.9. The van der Waals surface area contributed by atoms with Crippen molar-refractivity contribution in [3.8, 4) is 0 Å². The average Bonchev–Trinajstić information content (AvgIpc) is 3.12. The Bertz CT molecular complexity index is 801. The summed E-state index contributed by atoms with van der Waals surface area (Å²) in [5.41, 5.74) is 0. The predicted molar refractivity (Wildman–Crippen MR) is 221 cm³/mol. The molecule has 4 heteroatoms. The third kappa shape index (κ3) is 37.6. The summed E-state index contributed by atoms with van der Waals surface area (Å²) in [6.45, 7) is 4.29. The molecule has 0 bridgehead atoms. The number of aliphatic hydroxyl groups is 2. The van der Waals surface area contributed by atoms with Crippen molar-refractivity contribution in [2.75, 3.05) is 6.61 Å². The second-order valence-electron chi connectivity index (χ2n) is 14.7. The van der Waals surface area contributed by atoms with E-state index < -0.39 is 12.1 Å². The monoisotopic (exact) mass is 700 g/mol. The highest BCUT2D eigenvalue weighted by molar-refractivity contribution is 5.76. The van der Waals surface area contributed by atoms with Gasteiger partial charge in [0.1, 0.15) is 0 Å². The van der Waals surface area contributed by atoms with Gasteiger partial charge in [-0.3, -0.25) is 4.79 Å². The van der Waals surface area contributed by atoms with E-state index in [1.807, 2.05) is 6.08 Å². The molecule has 0 radical (unpaired) electrons. The van der Waals surface area contributed by atoms with E-state index in [-0.39, 0.29) is 12.5 Å². The number of hydrogen-bond donors (Lipinski definition) is 3. The van der Waals surface area contributed by atoms with Crippen molar-refractivity contribution in [3.63, 3.8) is 0 Å². The molecular weight excluding hydrogens is 615 g/mol. The minimum atomic E-state index is -0.871. The van der Waals surface area contributed by atoms with Gasteiger partial charge in [-0.25, -0.2) is 0 Å². The number of allylic oxidation sites excluding steroid dienone is 7. The van der Waals surface area contributed by atoms with Crippen LogP contribution >= 0.6 is 0 Å². The van der Waals surface area contributed by atoms with Crippen molar-refractivity contribution in [2.24, 2.45) is 0 Å². The maximum absolute atomic E-state index is 12.4. The summed E-state index contributed by atoms with van der Waals surface area (Å²) in [5.74, 6) is -0.0831. The van der Waals surface area contributed by atoms with Crippen LogP contribution in [-0.2, 0) is 4.79 Å². The zero-order valence-corrected chi connectivity index (χ0v) is 33.4. The molecule has 0 saturated heterocycles. The molecule has 0 aromatic carbocycles. The van der Waals surface area contributed by atoms with Gasteiger partial charge in [0.15, 0.2) is 0 Å². The molecule has 0 aromatic heterocycles. The number of hydrogen-bond acceptors (Lipinski definition) is 3. The Morgan fingerprint density at radius 3 is 1.16 bits per heavy atom. The van der Waals surface area contributed by atoms with E-state index in [0.29, 0.717) is 6.42 Å². The first kappa shape index (κ1) is 48.3. The van der Waals surface area contributed by atoms with Gasteiger partial charge in [-0.05, 0) is 70.6 Å². The lowest BCUT2D eigenvalue weighted by atomic mass is 10.1. The fraction of sp³-hybridized carbons (Fsp3) is 0.804. The number of amides is 1. The van der Waals surface area contributed by atoms with E-state index in [9.17, 15) is 15.0 Å². The Balaban J connectivity index is 3.66. The molecule has 0 saturated carbocycles. The van der Waals surface area contributed by atoms with Crippen molar-refractivity contribution in [2.45, 2.75) is 231 Å². The zero-order valence-electron chi connectivity index (χ0n) is 33.4. The lowest BCUT2D eigenvalue weighted by Gasteiger charge is -2.19. The van der Waals surface area contributed by atoms with Crippen molar-refractivity contribution in [1.29, 1.82) is 0 Å². The molecule has 0 aliphatic carbocycles. The third-order valence-corrected chi connectivity index (χ3v) is 9.76. The summed E-state index contributed by atoms with van der Waals surface area (Å²) in [4.78, 5) is 12.4. The Labute approximate surface area is 312 Å². The summed E-state index contributed by atoms with van der Waals surface area (Å²) in [5, 5.41) is 23.0. The molecule has 0 spiro atoms. The molecule has 0 heterocycles. The fourth-order valence-electron chi connectivity index (χ4n) is 6.38. The van der Waals surface area contributed by atoms with Crippen LogP contribution in [0.3, 0.4) is 0 Å². The van der Waals surface area contributed by atoms with Crippen LogP contribution in [0, 0.1) is 0 Å². The standard InChI is InChI=1S/C46H85NO3/c1-3-5-7-9-11-13-15-17-19-21-23-24-25-27-29-31-33-35-37-39-41-45(49)44(43-48)47-46(50)42-40-38-36-34-32-30-28-26-22-20-18-16-14-12-10-8-6-4-2/h20,22,24-25,31,33,39,41,44-45,48-49H,3-19,21,23,26-30,32,34-38,40,42-43H2,1-2H3,(H,47,50)/b22-20-,25-24+,33-31+,41-39+. The second kappa shape index (κ2) is 41.8. The number of carbonyl (C=O) groups excluding carboxylic acids is 1. The Kier molecular flexibility index (Phi) is 40.4. The summed E-state index contributed by atoms with van der Waals surface area (Å²) in [6, 6.07) is -0.647. The first-order chi connectivity index (χ1) is 24.7. The Morgan fingerprint density at radius 2 is 0.780 bits per heavy atom. The van der Waals surface area contributed by atoms with Crippen LogP contribution in [0.1, 0.15) is 219 Å². The van der Waals surface area contributed by atoms with Crippen LogP contribution in [0.25, 0.3) is 0 Å². The average molecular weight is 700 g/mol. The highest BCUT2D eigenvalue weighted by Gasteiger charge is 2.17. The van der Waals surface area contributed by atoms with E-state index in [0.717, 1.165) is 38.5 Å². The predicted octanol–water partition coefficient (Wildman–Crippen LogP) is 13.6. The van der Waals surface area contributed by atoms with Gasteiger partial charge in [-0.2, -0.15) is 0 Å². The maximum atomic E-state index is 12.4. The maximum Gasteiger partial charge on any atom is 0.220 e. The molecular formula is C46H85NO3. The first-order valence-corrected chi connectivity index (χ1v) is 21.9. The molecule has 3 N–H and O–H groups in total. The number of unbranched alkanes of at least 4 members (excludes halogenated alkanes) is 26. The van der Waals surface area contributed by atoms with Crippen molar-refractivity contribution in [1.82, 2.24) is 5.32 Å². The van der Waals surface area contributed by atoms with Crippen LogP contribution in [0.15, 0.2) is 48.6 Å². The van der Waals surface area contributed by atoms with Crippen LogP contribution in [0.2, 0.25) is 0 Å². The molecule has 50 heavy (non-hydrogen) atoms. The summed E-state index contributed by atoms with van der Waals surface area (Å²) in [6.07, 6.45) is 56.4. The van der Waals surface area contributed by atoms with E-state index in [1.165, 1.54) is 161 Å². The summed E-state index contributed by atoms with van der Waals surface area (Å²) in [7, 11) is 0. The van der Waals surface area contributed by atoms with Crippen LogP contribution in [0.5, 0.6) is 0 Å². The van der Waals surface area contributed by atoms with Crippen LogP contribution in [0.4, 0.5) is 0 Å².